The summed E-state index contributed by atoms with van der Waals surface area (Å²) in [7, 11) is 0. The predicted octanol–water partition coefficient (Wildman–Crippen LogP) is 4.65. The summed E-state index contributed by atoms with van der Waals surface area (Å²) in [6.45, 7) is 8.26. The quantitative estimate of drug-likeness (QED) is 0.506. The van der Waals surface area contributed by atoms with Gasteiger partial charge in [0.15, 0.2) is 0 Å². The van der Waals surface area contributed by atoms with E-state index in [1.165, 1.54) is 54.3 Å². The number of ether oxygens (including phenoxy) is 1. The highest BCUT2D eigenvalue weighted by molar-refractivity contribution is 5.97. The van der Waals surface area contributed by atoms with E-state index in [2.05, 4.69) is 0 Å². The average molecular weight is 527 g/mol. The highest BCUT2D eigenvalue weighted by atomic mass is 19.1. The van der Waals surface area contributed by atoms with Crippen LogP contribution in [0.15, 0.2) is 41.3 Å². The van der Waals surface area contributed by atoms with Crippen molar-refractivity contribution in [2.45, 2.75) is 71.9 Å². The number of piperidine rings is 1. The van der Waals surface area contributed by atoms with Crippen molar-refractivity contribution in [1.82, 2.24) is 9.47 Å². The molecule has 8 heteroatoms. The van der Waals surface area contributed by atoms with Gasteiger partial charge >= 0.3 is 5.97 Å². The molecule has 2 fully saturated rings. The van der Waals surface area contributed by atoms with Crippen molar-refractivity contribution in [1.29, 1.82) is 0 Å². The van der Waals surface area contributed by atoms with Crippen LogP contribution in [0.3, 0.4) is 0 Å². The molecule has 1 saturated heterocycles. The van der Waals surface area contributed by atoms with Gasteiger partial charge in [-0.05, 0) is 31.7 Å². The maximum atomic E-state index is 14.6. The fourth-order valence-electron chi connectivity index (χ4n) is 5.74. The maximum Gasteiger partial charge on any atom is 0.340 e. The number of carbonyl (C=O) groups is 2. The number of likely N-dealkylation sites (tertiary alicyclic amines) is 1. The van der Waals surface area contributed by atoms with Gasteiger partial charge in [0.25, 0.3) is 5.56 Å². The SMILES string of the molecule is CCOC(=O)c1cn(C[C@]2(O)CCN(C(=O)[C@H](C)CC3CCC3)CC2(C)C)c(=O)cc1-c1ccccc1F. The molecular weight excluding hydrogens is 487 g/mol. The molecule has 1 aliphatic heterocycles. The fraction of sp³-hybridized carbons (Fsp3) is 0.567. The van der Waals surface area contributed by atoms with Crippen molar-refractivity contribution >= 4 is 11.9 Å². The molecule has 1 amide bonds. The molecule has 1 aromatic carbocycles. The number of aromatic nitrogens is 1. The highest BCUT2D eigenvalue weighted by Gasteiger charge is 2.49. The average Bonchev–Trinajstić information content (AvgIpc) is 2.84. The molecule has 0 radical (unpaired) electrons. The Kier molecular flexibility index (Phi) is 8.12. The van der Waals surface area contributed by atoms with Crippen molar-refractivity contribution in [3.05, 3.63) is 58.3 Å². The zero-order valence-electron chi connectivity index (χ0n) is 22.8. The number of esters is 1. The van der Waals surface area contributed by atoms with Crippen LogP contribution in [-0.2, 0) is 16.1 Å². The van der Waals surface area contributed by atoms with Gasteiger partial charge in [-0.15, -0.1) is 0 Å². The molecule has 1 N–H and O–H groups in total. The van der Waals surface area contributed by atoms with Gasteiger partial charge in [0, 0.05) is 47.8 Å². The Morgan fingerprint density at radius 1 is 1.21 bits per heavy atom. The normalized spacial score (nSPS) is 22.0. The van der Waals surface area contributed by atoms with E-state index in [-0.39, 0.29) is 48.1 Å². The topological polar surface area (TPSA) is 88.8 Å². The number of pyridine rings is 1. The van der Waals surface area contributed by atoms with Crippen molar-refractivity contribution in [3.8, 4) is 11.1 Å². The van der Waals surface area contributed by atoms with E-state index < -0.39 is 28.4 Å². The van der Waals surface area contributed by atoms with Crippen LogP contribution in [0.2, 0.25) is 0 Å². The molecule has 1 saturated carbocycles. The largest absolute Gasteiger partial charge is 0.462 e. The molecule has 2 heterocycles. The van der Waals surface area contributed by atoms with Crippen molar-refractivity contribution in [2.24, 2.45) is 17.3 Å². The number of hydrogen-bond donors (Lipinski definition) is 1. The zero-order valence-corrected chi connectivity index (χ0v) is 22.8. The van der Waals surface area contributed by atoms with Crippen LogP contribution in [0.25, 0.3) is 11.1 Å². The van der Waals surface area contributed by atoms with Crippen molar-refractivity contribution in [3.63, 3.8) is 0 Å². The summed E-state index contributed by atoms with van der Waals surface area (Å²) in [6.07, 6.45) is 6.18. The summed E-state index contributed by atoms with van der Waals surface area (Å²) in [6, 6.07) is 7.16. The minimum absolute atomic E-state index is 0.0513. The minimum Gasteiger partial charge on any atom is -0.462 e. The standard InChI is InChI=1S/C30H39FN2O5/c1-5-38-28(36)24-17-33(26(34)16-23(24)22-11-6-7-12-25(22)31)19-30(37)13-14-32(18-29(30,3)4)27(35)20(2)15-21-9-8-10-21/h6-7,11-12,16-17,20-21,37H,5,8-10,13-15,18-19H2,1-4H3/t20-,30-/m1/s1. The summed E-state index contributed by atoms with van der Waals surface area (Å²) in [5.41, 5.74) is -2.17. The lowest BCUT2D eigenvalue weighted by atomic mass is 9.69. The molecule has 7 nitrogen and oxygen atoms in total. The minimum atomic E-state index is -1.31. The third-order valence-electron chi connectivity index (χ3n) is 8.50. The van der Waals surface area contributed by atoms with Crippen LogP contribution in [0, 0.1) is 23.1 Å². The van der Waals surface area contributed by atoms with Gasteiger partial charge in [0.2, 0.25) is 5.91 Å². The van der Waals surface area contributed by atoms with E-state index in [4.69, 9.17) is 4.74 Å². The third-order valence-corrected chi connectivity index (χ3v) is 8.50. The van der Waals surface area contributed by atoms with E-state index in [0.29, 0.717) is 19.0 Å². The smallest absolute Gasteiger partial charge is 0.340 e. The van der Waals surface area contributed by atoms with Gasteiger partial charge < -0.3 is 19.3 Å². The molecule has 0 unspecified atom stereocenters. The first-order valence-corrected chi connectivity index (χ1v) is 13.6. The molecule has 206 valence electrons. The number of nitrogens with zero attached hydrogens (tertiary/aromatic N) is 2. The lowest BCUT2D eigenvalue weighted by Gasteiger charge is -2.51. The lowest BCUT2D eigenvalue weighted by Crippen LogP contribution is -2.61. The summed E-state index contributed by atoms with van der Waals surface area (Å²) < 4.78 is 21.1. The van der Waals surface area contributed by atoms with Crippen LogP contribution in [0.1, 0.15) is 70.2 Å². The zero-order chi connectivity index (χ0) is 27.7. The van der Waals surface area contributed by atoms with Gasteiger partial charge in [-0.1, -0.05) is 58.2 Å². The molecular formula is C30H39FN2O5. The number of rotatable bonds is 8. The van der Waals surface area contributed by atoms with Gasteiger partial charge in [-0.3, -0.25) is 9.59 Å². The Bertz CT molecular complexity index is 1250. The lowest BCUT2D eigenvalue weighted by molar-refractivity contribution is -0.157. The van der Waals surface area contributed by atoms with E-state index in [1.54, 1.807) is 13.0 Å². The second kappa shape index (κ2) is 11.0. The van der Waals surface area contributed by atoms with E-state index in [9.17, 15) is 23.9 Å². The molecule has 4 rings (SSSR count). The first-order valence-electron chi connectivity index (χ1n) is 13.6. The Morgan fingerprint density at radius 2 is 1.92 bits per heavy atom. The molecule has 1 aliphatic carbocycles. The predicted molar refractivity (Wildman–Crippen MR) is 143 cm³/mol. The Hall–Kier alpha value is -3.00. The number of hydrogen-bond acceptors (Lipinski definition) is 5. The second-order valence-corrected chi connectivity index (χ2v) is 11.6. The molecule has 2 aromatic rings. The molecule has 0 spiro atoms. The Labute approximate surface area is 223 Å². The van der Waals surface area contributed by atoms with Crippen LogP contribution in [0.5, 0.6) is 0 Å². The van der Waals surface area contributed by atoms with Crippen molar-refractivity contribution in [2.75, 3.05) is 19.7 Å². The molecule has 38 heavy (non-hydrogen) atoms. The third kappa shape index (κ3) is 5.55. The Balaban J connectivity index is 1.59. The monoisotopic (exact) mass is 526 g/mol. The number of halogens is 1. The number of benzene rings is 1. The molecule has 2 atom stereocenters. The summed E-state index contributed by atoms with van der Waals surface area (Å²) in [4.78, 5) is 41.0. The summed E-state index contributed by atoms with van der Waals surface area (Å²) in [5.74, 6) is -0.535. The van der Waals surface area contributed by atoms with Crippen LogP contribution in [-0.4, -0.2) is 51.7 Å². The number of amides is 1. The molecule has 2 aliphatic rings. The second-order valence-electron chi connectivity index (χ2n) is 11.6. The summed E-state index contributed by atoms with van der Waals surface area (Å²) >= 11 is 0. The van der Waals surface area contributed by atoms with E-state index in [0.717, 1.165) is 6.42 Å². The van der Waals surface area contributed by atoms with Gasteiger partial charge in [-0.25, -0.2) is 9.18 Å². The first kappa shape index (κ1) is 28.0. The number of carbonyl (C=O) groups excluding carboxylic acids is 2. The first-order chi connectivity index (χ1) is 18.0. The highest BCUT2D eigenvalue weighted by Crippen LogP contribution is 2.41. The number of aliphatic hydroxyl groups is 1. The fourth-order valence-corrected chi connectivity index (χ4v) is 5.74. The van der Waals surface area contributed by atoms with Crippen molar-refractivity contribution < 1.29 is 23.8 Å². The Morgan fingerprint density at radius 3 is 2.53 bits per heavy atom. The van der Waals surface area contributed by atoms with E-state index >= 15 is 0 Å². The van der Waals surface area contributed by atoms with Crippen LogP contribution < -0.4 is 5.56 Å². The maximum absolute atomic E-state index is 14.6. The molecule has 1 aromatic heterocycles. The van der Waals surface area contributed by atoms with Crippen LogP contribution in [0.4, 0.5) is 4.39 Å². The van der Waals surface area contributed by atoms with E-state index in [1.807, 2.05) is 25.7 Å². The van der Waals surface area contributed by atoms with Gasteiger partial charge in [0.1, 0.15) is 5.82 Å². The van der Waals surface area contributed by atoms with Gasteiger partial charge in [-0.2, -0.15) is 0 Å². The van der Waals surface area contributed by atoms with Crippen LogP contribution >= 0.6 is 0 Å². The molecule has 0 bridgehead atoms. The van der Waals surface area contributed by atoms with Gasteiger partial charge in [0.05, 0.1) is 24.3 Å². The summed E-state index contributed by atoms with van der Waals surface area (Å²) in [5, 5.41) is 11.8.